The summed E-state index contributed by atoms with van der Waals surface area (Å²) in [7, 11) is -9.78. The smallest absolute Gasteiger partial charge is 0.780 e. The van der Waals surface area contributed by atoms with Crippen LogP contribution in [0.3, 0.4) is 0 Å². The predicted molar refractivity (Wildman–Crippen MR) is 80.9 cm³/mol. The fourth-order valence-corrected chi connectivity index (χ4v) is 1.98. The molecule has 2 rings (SSSR count). The van der Waals surface area contributed by atoms with Crippen molar-refractivity contribution in [3.63, 3.8) is 0 Å². The molecule has 0 bridgehead atoms. The van der Waals surface area contributed by atoms with Crippen molar-refractivity contribution < 1.29 is 37.8 Å². The van der Waals surface area contributed by atoms with Crippen LogP contribution in [0.15, 0.2) is 60.7 Å². The summed E-state index contributed by atoms with van der Waals surface area (Å²) >= 11 is 0. The Balaban J connectivity index is 0. The summed E-state index contributed by atoms with van der Waals surface area (Å²) in [6.45, 7) is 0. The standard InChI is InChI=1S/2C6H7O4P.2Mg/c2*7-11(8,9)10-6-4-2-1-3-5-6;;/h2*1-5H,(H2,7,8,9);;/q;;2*+2/p-4. The molecule has 0 spiro atoms. The van der Waals surface area contributed by atoms with E-state index in [0.717, 1.165) is 0 Å². The van der Waals surface area contributed by atoms with Crippen molar-refractivity contribution in [2.45, 2.75) is 0 Å². The number of hydrogen-bond donors (Lipinski definition) is 0. The quantitative estimate of drug-likeness (QED) is 0.477. The molecule has 0 aliphatic heterocycles. The van der Waals surface area contributed by atoms with E-state index < -0.39 is 15.6 Å². The normalized spacial score (nSPS) is 10.2. The van der Waals surface area contributed by atoms with E-state index in [0.29, 0.717) is 0 Å². The first-order chi connectivity index (χ1) is 10.2. The van der Waals surface area contributed by atoms with Gasteiger partial charge in [-0.3, -0.25) is 0 Å². The first-order valence-corrected chi connectivity index (χ1v) is 8.61. The fourth-order valence-electron chi connectivity index (χ4n) is 1.22. The molecule has 0 fully saturated rings. The molecule has 0 aliphatic carbocycles. The summed E-state index contributed by atoms with van der Waals surface area (Å²) in [5, 5.41) is 0. The molecule has 0 N–H and O–H groups in total. The van der Waals surface area contributed by atoms with Crippen LogP contribution >= 0.6 is 15.6 Å². The van der Waals surface area contributed by atoms with Crippen LogP contribution < -0.4 is 28.6 Å². The molecule has 0 saturated carbocycles. The van der Waals surface area contributed by atoms with Gasteiger partial charge >= 0.3 is 46.1 Å². The van der Waals surface area contributed by atoms with E-state index in [4.69, 9.17) is 0 Å². The van der Waals surface area contributed by atoms with Crippen LogP contribution in [-0.2, 0) is 9.13 Å². The molecule has 0 heterocycles. The summed E-state index contributed by atoms with van der Waals surface area (Å²) in [6.07, 6.45) is 0. The van der Waals surface area contributed by atoms with E-state index in [1.165, 1.54) is 24.3 Å². The minimum Gasteiger partial charge on any atom is -0.780 e. The largest absolute Gasteiger partial charge is 2.00 e. The van der Waals surface area contributed by atoms with Gasteiger partial charge in [0.2, 0.25) is 0 Å². The minimum atomic E-state index is -4.89. The Morgan fingerprint density at radius 2 is 0.833 bits per heavy atom. The molecule has 0 saturated heterocycles. The van der Waals surface area contributed by atoms with Gasteiger partial charge in [0.15, 0.2) is 0 Å². The molecule has 8 nitrogen and oxygen atoms in total. The zero-order valence-electron chi connectivity index (χ0n) is 12.3. The van der Waals surface area contributed by atoms with Crippen molar-refractivity contribution in [3.05, 3.63) is 60.7 Å². The molecular weight excluding hydrogens is 383 g/mol. The van der Waals surface area contributed by atoms with E-state index in [9.17, 15) is 28.7 Å². The van der Waals surface area contributed by atoms with Crippen molar-refractivity contribution in [2.24, 2.45) is 0 Å². The van der Waals surface area contributed by atoms with Gasteiger partial charge in [-0.1, -0.05) is 36.4 Å². The van der Waals surface area contributed by atoms with Crippen LogP contribution in [0.25, 0.3) is 0 Å². The van der Waals surface area contributed by atoms with E-state index in [-0.39, 0.29) is 57.6 Å². The Morgan fingerprint density at radius 3 is 1.04 bits per heavy atom. The Labute approximate surface area is 171 Å². The van der Waals surface area contributed by atoms with Gasteiger partial charge in [0.25, 0.3) is 0 Å². The first-order valence-electron chi connectivity index (χ1n) is 5.69. The maximum Gasteiger partial charge on any atom is 2.00 e. The molecule has 2 aromatic rings. The Kier molecular flexibility index (Phi) is 13.3. The van der Waals surface area contributed by atoms with Gasteiger partial charge in [0.05, 0.1) is 0 Å². The van der Waals surface area contributed by atoms with E-state index in [2.05, 4.69) is 9.05 Å². The summed E-state index contributed by atoms with van der Waals surface area (Å²) in [5.74, 6) is 0.0849. The van der Waals surface area contributed by atoms with Crippen LogP contribution in [0.1, 0.15) is 0 Å². The molecular formula is C12H10Mg2O8P2. The molecule has 0 amide bonds. The molecule has 0 atom stereocenters. The summed E-state index contributed by atoms with van der Waals surface area (Å²) in [4.78, 5) is 40.2. The molecule has 0 aliphatic rings. The number of benzene rings is 2. The number of phosphoric ester groups is 2. The predicted octanol–water partition coefficient (Wildman–Crippen LogP) is -0.973. The number of phosphoric acid groups is 2. The third-order valence-electron chi connectivity index (χ3n) is 1.92. The average molecular weight is 393 g/mol. The van der Waals surface area contributed by atoms with Crippen LogP contribution in [0, 0.1) is 0 Å². The maximum absolute atomic E-state index is 10.1. The second-order valence-electron chi connectivity index (χ2n) is 3.70. The van der Waals surface area contributed by atoms with Gasteiger partial charge in [0.1, 0.15) is 27.1 Å². The second-order valence-corrected chi connectivity index (χ2v) is 5.86. The zero-order chi connectivity index (χ0) is 16.6. The van der Waals surface area contributed by atoms with E-state index in [1.54, 1.807) is 36.4 Å². The van der Waals surface area contributed by atoms with E-state index in [1.807, 2.05) is 0 Å². The van der Waals surface area contributed by atoms with Crippen LogP contribution in [0.2, 0.25) is 0 Å². The van der Waals surface area contributed by atoms with Gasteiger partial charge < -0.3 is 37.8 Å². The number of rotatable bonds is 4. The first kappa shape index (κ1) is 26.1. The van der Waals surface area contributed by atoms with Gasteiger partial charge in [0, 0.05) is 0 Å². The van der Waals surface area contributed by atoms with Crippen molar-refractivity contribution in [1.29, 1.82) is 0 Å². The van der Waals surface area contributed by atoms with Crippen molar-refractivity contribution >= 4 is 61.8 Å². The number of para-hydroxylation sites is 2. The second kappa shape index (κ2) is 12.3. The fraction of sp³-hybridized carbons (Fsp3) is 0. The molecule has 24 heavy (non-hydrogen) atoms. The third-order valence-corrected chi connectivity index (χ3v) is 2.79. The summed E-state index contributed by atoms with van der Waals surface area (Å²) in [5.41, 5.74) is 0. The molecule has 0 unspecified atom stereocenters. The van der Waals surface area contributed by atoms with Crippen molar-refractivity contribution in [2.75, 3.05) is 0 Å². The van der Waals surface area contributed by atoms with Gasteiger partial charge in [-0.15, -0.1) is 0 Å². The van der Waals surface area contributed by atoms with Gasteiger partial charge in [-0.05, 0) is 24.3 Å². The minimum absolute atomic E-state index is 0. The van der Waals surface area contributed by atoms with Crippen molar-refractivity contribution in [3.8, 4) is 11.5 Å². The summed E-state index contributed by atoms with van der Waals surface area (Å²) in [6, 6.07) is 15.2. The number of hydrogen-bond acceptors (Lipinski definition) is 8. The van der Waals surface area contributed by atoms with Gasteiger partial charge in [-0.25, -0.2) is 0 Å². The molecule has 0 aromatic heterocycles. The molecule has 2 aromatic carbocycles. The van der Waals surface area contributed by atoms with Crippen LogP contribution in [-0.4, -0.2) is 46.1 Å². The van der Waals surface area contributed by atoms with Crippen LogP contribution in [0.4, 0.5) is 0 Å². The third kappa shape index (κ3) is 14.2. The topological polar surface area (TPSA) is 145 Å². The summed E-state index contributed by atoms with van der Waals surface area (Å²) < 4.78 is 28.2. The van der Waals surface area contributed by atoms with Gasteiger partial charge in [-0.2, -0.15) is 0 Å². The Morgan fingerprint density at radius 1 is 0.583 bits per heavy atom. The monoisotopic (exact) mass is 392 g/mol. The zero-order valence-corrected chi connectivity index (χ0v) is 17.0. The van der Waals surface area contributed by atoms with E-state index >= 15 is 0 Å². The van der Waals surface area contributed by atoms with Crippen LogP contribution in [0.5, 0.6) is 11.5 Å². The SMILES string of the molecule is O=P([O-])([O-])Oc1ccccc1.O=P([O-])([O-])Oc1ccccc1.[Mg+2].[Mg+2]. The Hall–Kier alpha value is -0.128. The van der Waals surface area contributed by atoms with Crippen molar-refractivity contribution in [1.82, 2.24) is 0 Å². The average Bonchev–Trinajstić information content (AvgIpc) is 2.38. The molecule has 120 valence electrons. The molecule has 0 radical (unpaired) electrons. The molecule has 12 heteroatoms. The maximum atomic E-state index is 10.1. The Bertz CT molecular complexity index is 600.